The van der Waals surface area contributed by atoms with E-state index in [0.29, 0.717) is 17.9 Å². The van der Waals surface area contributed by atoms with Gasteiger partial charge in [-0.3, -0.25) is 25.6 Å². The maximum atomic E-state index is 12.2. The summed E-state index contributed by atoms with van der Waals surface area (Å²) in [6.07, 6.45) is 0.109. The normalized spacial score (nSPS) is 23.3. The van der Waals surface area contributed by atoms with E-state index in [-0.39, 0.29) is 12.6 Å². The Hall–Kier alpha value is -2.56. The minimum atomic E-state index is -0.942. The van der Waals surface area contributed by atoms with Crippen LogP contribution in [-0.2, 0) is 14.3 Å². The molecule has 3 atom stereocenters. The van der Waals surface area contributed by atoms with Gasteiger partial charge in [-0.1, -0.05) is 0 Å². The third-order valence-electron chi connectivity index (χ3n) is 4.08. The van der Waals surface area contributed by atoms with Gasteiger partial charge in [0, 0.05) is 6.54 Å². The van der Waals surface area contributed by atoms with Gasteiger partial charge < -0.3 is 15.0 Å². The maximum Gasteiger partial charge on any atom is 0.408 e. The monoisotopic (exact) mass is 371 g/mol. The summed E-state index contributed by atoms with van der Waals surface area (Å²) < 4.78 is 5.04. The van der Waals surface area contributed by atoms with Gasteiger partial charge in [-0.2, -0.15) is 0 Å². The first-order valence-electron chi connectivity index (χ1n) is 8.37. The molecule has 2 aliphatic rings. The third-order valence-corrected chi connectivity index (χ3v) is 4.08. The molecule has 0 aromatic rings. The van der Waals surface area contributed by atoms with Crippen molar-refractivity contribution in [3.05, 3.63) is 0 Å². The molecule has 1 unspecified atom stereocenters. The second kappa shape index (κ2) is 7.36. The zero-order chi connectivity index (χ0) is 19.6. The van der Waals surface area contributed by atoms with Crippen molar-refractivity contribution in [3.8, 4) is 0 Å². The molecule has 0 aliphatic carbocycles. The van der Waals surface area contributed by atoms with Crippen molar-refractivity contribution < 1.29 is 29.1 Å². The number of hydrogen-bond donors (Lipinski definition) is 4. The van der Waals surface area contributed by atoms with E-state index in [1.807, 2.05) is 0 Å². The van der Waals surface area contributed by atoms with Crippen molar-refractivity contribution in [2.45, 2.75) is 64.3 Å². The third kappa shape index (κ3) is 4.54. The van der Waals surface area contributed by atoms with Gasteiger partial charge in [0.2, 0.25) is 0 Å². The van der Waals surface area contributed by atoms with E-state index in [2.05, 4.69) is 16.2 Å². The number of nitrogens with one attached hydrogen (secondary N) is 3. The molecular weight excluding hydrogens is 346 g/mol. The Morgan fingerprint density at radius 1 is 1.23 bits per heavy atom. The molecule has 2 heterocycles. The highest BCUT2D eigenvalue weighted by Gasteiger charge is 2.46. The minimum Gasteiger partial charge on any atom is -0.444 e. The van der Waals surface area contributed by atoms with Crippen LogP contribution in [0.1, 0.15) is 40.5 Å². The fourth-order valence-corrected chi connectivity index (χ4v) is 2.79. The lowest BCUT2D eigenvalue weighted by molar-refractivity contribution is -0.132. The molecule has 2 fully saturated rings. The summed E-state index contributed by atoms with van der Waals surface area (Å²) in [7, 11) is 0. The first-order valence-corrected chi connectivity index (χ1v) is 8.37. The van der Waals surface area contributed by atoms with Gasteiger partial charge in [-0.15, -0.1) is 0 Å². The molecule has 0 radical (unpaired) electrons. The molecule has 0 spiro atoms. The van der Waals surface area contributed by atoms with Gasteiger partial charge in [-0.25, -0.2) is 14.7 Å². The van der Waals surface area contributed by atoms with Gasteiger partial charge in [0.05, 0.1) is 6.04 Å². The molecule has 2 aliphatic heterocycles. The minimum absolute atomic E-state index is 0.262. The van der Waals surface area contributed by atoms with Gasteiger partial charge in [0.25, 0.3) is 11.8 Å². The highest BCUT2D eigenvalue weighted by Crippen LogP contribution is 2.28. The number of hydroxylamine groups is 2. The summed E-state index contributed by atoms with van der Waals surface area (Å²) in [5.41, 5.74) is 3.76. The lowest BCUT2D eigenvalue weighted by Gasteiger charge is -2.29. The molecule has 2 rings (SSSR count). The van der Waals surface area contributed by atoms with E-state index < -0.39 is 41.6 Å². The average Bonchev–Trinajstić information content (AvgIpc) is 2.75. The van der Waals surface area contributed by atoms with Crippen molar-refractivity contribution >= 4 is 23.9 Å². The van der Waals surface area contributed by atoms with Crippen molar-refractivity contribution in [1.82, 2.24) is 26.1 Å². The Labute approximate surface area is 150 Å². The number of fused-ring (bicyclic) bond motifs is 2. The second-order valence-electron chi connectivity index (χ2n) is 7.37. The SMILES string of the molecule is C[C@@H](NC(=O)OC(C)(C)C)C(=O)NNC(=O)[C@@H]1CCC2CN1C(=O)N2O. The number of rotatable bonds is 3. The molecule has 2 saturated heterocycles. The summed E-state index contributed by atoms with van der Waals surface area (Å²) in [5, 5.41) is 12.6. The fourth-order valence-electron chi connectivity index (χ4n) is 2.79. The Kier molecular flexibility index (Phi) is 5.59. The number of urea groups is 1. The topological polar surface area (TPSA) is 140 Å². The Morgan fingerprint density at radius 3 is 2.50 bits per heavy atom. The summed E-state index contributed by atoms with van der Waals surface area (Å²) in [6, 6.07) is -2.65. The molecule has 0 aromatic carbocycles. The highest BCUT2D eigenvalue weighted by atomic mass is 16.6. The number of hydrogen-bond acceptors (Lipinski definition) is 6. The molecule has 5 amide bonds. The number of carbonyl (C=O) groups is 4. The van der Waals surface area contributed by atoms with Crippen LogP contribution in [0.25, 0.3) is 0 Å². The molecule has 26 heavy (non-hydrogen) atoms. The number of piperidine rings is 1. The molecule has 0 saturated carbocycles. The number of nitrogens with zero attached hydrogens (tertiary/aromatic N) is 2. The molecule has 11 heteroatoms. The standard InChI is InChI=1S/C15H25N5O6/c1-8(16-13(23)26-15(2,3)4)11(21)17-18-12(22)10-6-5-9-7-19(10)14(24)20(9)25/h8-10,25H,5-7H2,1-4H3,(H,16,23)(H,17,21)(H,18,22)/t8-,9?,10+/m1/s1. The van der Waals surface area contributed by atoms with Gasteiger partial charge >= 0.3 is 12.1 Å². The first-order chi connectivity index (χ1) is 12.0. The van der Waals surface area contributed by atoms with Gasteiger partial charge in [0.1, 0.15) is 17.7 Å². The highest BCUT2D eigenvalue weighted by molar-refractivity contribution is 5.91. The van der Waals surface area contributed by atoms with Crippen LogP contribution in [0.5, 0.6) is 0 Å². The van der Waals surface area contributed by atoms with Crippen LogP contribution >= 0.6 is 0 Å². The average molecular weight is 371 g/mol. The maximum absolute atomic E-state index is 12.2. The van der Waals surface area contributed by atoms with E-state index in [9.17, 15) is 24.4 Å². The van der Waals surface area contributed by atoms with E-state index in [0.717, 1.165) is 0 Å². The van der Waals surface area contributed by atoms with Gasteiger partial charge in [-0.05, 0) is 40.5 Å². The lowest BCUT2D eigenvalue weighted by atomic mass is 10.0. The second-order valence-corrected chi connectivity index (χ2v) is 7.37. The number of carbonyl (C=O) groups excluding carboxylic acids is 4. The molecule has 4 N–H and O–H groups in total. The predicted octanol–water partition coefficient (Wildman–Crippen LogP) is -0.295. The number of alkyl carbamates (subject to hydrolysis) is 1. The quantitative estimate of drug-likeness (QED) is 0.397. The first kappa shape index (κ1) is 19.8. The van der Waals surface area contributed by atoms with E-state index in [1.54, 1.807) is 20.8 Å². The Balaban J connectivity index is 1.80. The van der Waals surface area contributed by atoms with Crippen molar-refractivity contribution in [1.29, 1.82) is 0 Å². The van der Waals surface area contributed by atoms with Crippen molar-refractivity contribution in [2.24, 2.45) is 0 Å². The van der Waals surface area contributed by atoms with Crippen LogP contribution in [-0.4, -0.2) is 69.4 Å². The van der Waals surface area contributed by atoms with Crippen LogP contribution in [0.4, 0.5) is 9.59 Å². The van der Waals surface area contributed by atoms with Crippen LogP contribution in [0.15, 0.2) is 0 Å². The van der Waals surface area contributed by atoms with E-state index in [4.69, 9.17) is 4.74 Å². The zero-order valence-electron chi connectivity index (χ0n) is 15.2. The molecular formula is C15H25N5O6. The summed E-state index contributed by atoms with van der Waals surface area (Å²) in [6.45, 7) is 6.78. The summed E-state index contributed by atoms with van der Waals surface area (Å²) >= 11 is 0. The van der Waals surface area contributed by atoms with Gasteiger partial charge in [0.15, 0.2) is 0 Å². The van der Waals surface area contributed by atoms with Crippen LogP contribution < -0.4 is 16.2 Å². The summed E-state index contributed by atoms with van der Waals surface area (Å²) in [5.74, 6) is -1.21. The van der Waals surface area contributed by atoms with Crippen molar-refractivity contribution in [2.75, 3.05) is 6.54 Å². The molecule has 11 nitrogen and oxygen atoms in total. The molecule has 2 bridgehead atoms. The zero-order valence-corrected chi connectivity index (χ0v) is 15.2. The number of hydrazine groups is 1. The largest absolute Gasteiger partial charge is 0.444 e. The van der Waals surface area contributed by atoms with Crippen LogP contribution in [0, 0.1) is 0 Å². The van der Waals surface area contributed by atoms with Crippen molar-refractivity contribution in [3.63, 3.8) is 0 Å². The van der Waals surface area contributed by atoms with E-state index in [1.165, 1.54) is 11.8 Å². The smallest absolute Gasteiger partial charge is 0.408 e. The lowest BCUT2D eigenvalue weighted by Crippen LogP contribution is -2.57. The fraction of sp³-hybridized carbons (Fsp3) is 0.733. The Morgan fingerprint density at radius 2 is 1.88 bits per heavy atom. The van der Waals surface area contributed by atoms with Crippen LogP contribution in [0.2, 0.25) is 0 Å². The molecule has 0 aromatic heterocycles. The number of amides is 5. The predicted molar refractivity (Wildman–Crippen MR) is 87.7 cm³/mol. The number of ether oxygens (including phenoxy) is 1. The summed E-state index contributed by atoms with van der Waals surface area (Å²) in [4.78, 5) is 49.0. The van der Waals surface area contributed by atoms with E-state index >= 15 is 0 Å². The Bertz CT molecular complexity index is 604. The molecule has 146 valence electrons. The van der Waals surface area contributed by atoms with Crippen LogP contribution in [0.3, 0.4) is 0 Å².